The van der Waals surface area contributed by atoms with Gasteiger partial charge in [0, 0.05) is 25.8 Å². The van der Waals surface area contributed by atoms with Crippen LogP contribution in [0.2, 0.25) is 0 Å². The zero-order valence-electron chi connectivity index (χ0n) is 15.3. The normalized spacial score (nSPS) is 7.41. The third kappa shape index (κ3) is 76.9. The Balaban J connectivity index is -0.0000000597. The molecule has 0 rings (SSSR count). The molecule has 0 spiro atoms. The van der Waals surface area contributed by atoms with E-state index in [1.165, 1.54) is 6.42 Å². The second kappa shape index (κ2) is 36.8. The van der Waals surface area contributed by atoms with Gasteiger partial charge < -0.3 is 14.9 Å². The van der Waals surface area contributed by atoms with Crippen LogP contribution in [0.4, 0.5) is 0 Å². The largest absolute Gasteiger partial charge is 0.356 e. The van der Waals surface area contributed by atoms with E-state index in [4.69, 9.17) is 0 Å². The Hall–Kier alpha value is -1.19. The van der Waals surface area contributed by atoms with Gasteiger partial charge in [-0.25, -0.2) is 0 Å². The van der Waals surface area contributed by atoms with Crippen LogP contribution in [0.25, 0.3) is 0 Å². The minimum Gasteiger partial charge on any atom is -0.356 e. The molecule has 0 saturated carbocycles. The fourth-order valence-electron chi connectivity index (χ4n) is 0.792. The number of nitrogens with one attached hydrogen (secondary N) is 1. The van der Waals surface area contributed by atoms with Gasteiger partial charge in [-0.1, -0.05) is 48.5 Å². The van der Waals surface area contributed by atoms with E-state index < -0.39 is 0 Å². The number of Topliss-reactive ketones (excluding diaryl/α,β-unsaturated/α-hetero) is 1. The van der Waals surface area contributed by atoms with Crippen LogP contribution < -0.4 is 5.32 Å². The summed E-state index contributed by atoms with van der Waals surface area (Å²) in [5, 5.41) is 2.66. The fraction of sp³-hybridized carbons (Fsp3) is 0.833. The number of hydrogen-bond acceptors (Lipinski definition) is 3. The quantitative estimate of drug-likeness (QED) is 0.705. The van der Waals surface area contributed by atoms with E-state index in [2.05, 4.69) is 19.2 Å². The van der Waals surface area contributed by atoms with Crippen LogP contribution in [0, 0.1) is 0 Å². The van der Waals surface area contributed by atoms with Crippen molar-refractivity contribution in [2.75, 3.05) is 6.54 Å². The molecule has 0 unspecified atom stereocenters. The van der Waals surface area contributed by atoms with Crippen LogP contribution in [0.15, 0.2) is 0 Å². The zero-order chi connectivity index (χ0) is 17.5. The summed E-state index contributed by atoms with van der Waals surface area (Å²) in [6.45, 7) is 14.3. The molecule has 0 atom stereocenters. The first kappa shape index (κ1) is 32.7. The Kier molecular flexibility index (Phi) is 54.6. The summed E-state index contributed by atoms with van der Waals surface area (Å²) in [6.07, 6.45) is 6.17. The van der Waals surface area contributed by atoms with Crippen LogP contribution in [-0.4, -0.2) is 24.5 Å². The number of carbonyl (C=O) groups excluding carboxylic acids is 3. The summed E-state index contributed by atoms with van der Waals surface area (Å²) in [4.78, 5) is 29.7. The van der Waals surface area contributed by atoms with E-state index in [1.54, 1.807) is 6.92 Å². The van der Waals surface area contributed by atoms with Gasteiger partial charge in [0.25, 0.3) is 0 Å². The van der Waals surface area contributed by atoms with E-state index in [0.29, 0.717) is 12.8 Å². The molecule has 0 aliphatic carbocycles. The third-order valence-electron chi connectivity index (χ3n) is 1.70. The summed E-state index contributed by atoms with van der Waals surface area (Å²) < 4.78 is 0. The number of carbonyl (C=O) groups is 3. The molecule has 136 valence electrons. The highest BCUT2D eigenvalue weighted by Gasteiger charge is 1.88. The molecule has 0 aliphatic rings. The maximum Gasteiger partial charge on any atom is 0.219 e. The van der Waals surface area contributed by atoms with Crippen LogP contribution >= 0.6 is 0 Å². The molecule has 22 heavy (non-hydrogen) atoms. The van der Waals surface area contributed by atoms with E-state index in [1.807, 2.05) is 27.7 Å². The van der Waals surface area contributed by atoms with Crippen molar-refractivity contribution >= 4 is 18.0 Å². The van der Waals surface area contributed by atoms with Gasteiger partial charge in [0.05, 0.1) is 0 Å². The van der Waals surface area contributed by atoms with Crippen molar-refractivity contribution in [3.05, 3.63) is 0 Å². The van der Waals surface area contributed by atoms with Crippen molar-refractivity contribution in [3.63, 3.8) is 0 Å². The monoisotopic (exact) mass is 319 g/mol. The van der Waals surface area contributed by atoms with E-state index >= 15 is 0 Å². The predicted octanol–water partition coefficient (Wildman–Crippen LogP) is 4.95. The van der Waals surface area contributed by atoms with Crippen molar-refractivity contribution in [1.29, 1.82) is 0 Å². The summed E-state index contributed by atoms with van der Waals surface area (Å²) in [5.41, 5.74) is 0. The topological polar surface area (TPSA) is 63.2 Å². The van der Waals surface area contributed by atoms with Gasteiger partial charge in [-0.15, -0.1) is 0 Å². The molecule has 0 bridgehead atoms. The summed E-state index contributed by atoms with van der Waals surface area (Å²) in [5.74, 6) is 0.417. The molecule has 1 amide bonds. The third-order valence-corrected chi connectivity index (χ3v) is 1.70. The summed E-state index contributed by atoms with van der Waals surface area (Å²) in [7, 11) is 0. The number of hydrogen-bond donors (Lipinski definition) is 1. The highest BCUT2D eigenvalue weighted by Crippen LogP contribution is 1.84. The van der Waals surface area contributed by atoms with Gasteiger partial charge in [-0.2, -0.15) is 0 Å². The predicted molar refractivity (Wildman–Crippen MR) is 98.2 cm³/mol. The van der Waals surface area contributed by atoms with Gasteiger partial charge in [-0.3, -0.25) is 4.79 Å². The van der Waals surface area contributed by atoms with Crippen molar-refractivity contribution < 1.29 is 14.4 Å². The smallest absolute Gasteiger partial charge is 0.219 e. The lowest BCUT2D eigenvalue weighted by atomic mass is 10.3. The number of ketones is 1. The van der Waals surface area contributed by atoms with Crippen LogP contribution in [0.5, 0.6) is 0 Å². The molecule has 1 N–H and O–H groups in total. The van der Waals surface area contributed by atoms with Crippen molar-refractivity contribution in [2.45, 2.75) is 94.4 Å². The molecule has 0 fully saturated rings. The lowest BCUT2D eigenvalue weighted by Crippen LogP contribution is -2.20. The average molecular weight is 320 g/mol. The Labute approximate surface area is 139 Å². The van der Waals surface area contributed by atoms with Crippen LogP contribution in [-0.2, 0) is 14.4 Å². The Morgan fingerprint density at radius 1 is 0.955 bits per heavy atom. The number of aldehydes is 1. The first-order valence-corrected chi connectivity index (χ1v) is 8.11. The molecule has 4 nitrogen and oxygen atoms in total. The second-order valence-corrected chi connectivity index (χ2v) is 4.42. The summed E-state index contributed by atoms with van der Waals surface area (Å²) in [6, 6.07) is 0. The van der Waals surface area contributed by atoms with Gasteiger partial charge in [0.15, 0.2) is 0 Å². The SMILES string of the molecule is C.CCC.CCCC(C)=O.CCCC=O.CCNC(=O)CC. The molecule has 0 radical (unpaired) electrons. The molecule has 0 aromatic rings. The maximum atomic E-state index is 10.3. The van der Waals surface area contributed by atoms with Gasteiger partial charge in [-0.05, 0) is 26.7 Å². The first-order valence-electron chi connectivity index (χ1n) is 8.11. The van der Waals surface area contributed by atoms with Crippen molar-refractivity contribution in [3.8, 4) is 0 Å². The molecule has 0 aromatic heterocycles. The van der Waals surface area contributed by atoms with Gasteiger partial charge >= 0.3 is 0 Å². The Morgan fingerprint density at radius 3 is 1.45 bits per heavy atom. The molecule has 4 heteroatoms. The standard InChI is InChI=1S/C5H11NO.C5H10O.C4H8O.C3H8.CH4/c1-3-5(7)6-4-2;1-3-4-5(2)6;1-2-3-4-5;1-3-2;/h3-4H2,1-2H3,(H,6,7);3-4H2,1-2H3;4H,2-3H2,1H3;3H2,1-2H3;1H4. The highest BCUT2D eigenvalue weighted by atomic mass is 16.1. The number of unbranched alkanes of at least 4 members (excludes halogenated alkanes) is 1. The van der Waals surface area contributed by atoms with Crippen LogP contribution in [0.1, 0.15) is 94.4 Å². The minimum absolute atomic E-state index is 0. The average Bonchev–Trinajstić information content (AvgIpc) is 2.42. The summed E-state index contributed by atoms with van der Waals surface area (Å²) >= 11 is 0. The first-order chi connectivity index (χ1) is 9.91. The Morgan fingerprint density at radius 2 is 1.41 bits per heavy atom. The molecule has 0 heterocycles. The zero-order valence-corrected chi connectivity index (χ0v) is 15.3. The highest BCUT2D eigenvalue weighted by molar-refractivity contribution is 5.75. The van der Waals surface area contributed by atoms with E-state index in [-0.39, 0.29) is 19.1 Å². The van der Waals surface area contributed by atoms with Crippen molar-refractivity contribution in [2.24, 2.45) is 0 Å². The fourth-order valence-corrected chi connectivity index (χ4v) is 0.792. The number of rotatable bonds is 6. The molecule has 0 aromatic carbocycles. The van der Waals surface area contributed by atoms with E-state index in [9.17, 15) is 14.4 Å². The minimum atomic E-state index is 0. The maximum absolute atomic E-state index is 10.3. The molecular formula is C18H41NO3. The van der Waals surface area contributed by atoms with Crippen molar-refractivity contribution in [1.82, 2.24) is 5.32 Å². The lowest BCUT2D eigenvalue weighted by molar-refractivity contribution is -0.120. The number of amides is 1. The molecular weight excluding hydrogens is 278 g/mol. The van der Waals surface area contributed by atoms with Gasteiger partial charge in [0.2, 0.25) is 5.91 Å². The van der Waals surface area contributed by atoms with Crippen LogP contribution in [0.3, 0.4) is 0 Å². The molecule has 0 aliphatic heterocycles. The molecule has 0 saturated heterocycles. The second-order valence-electron chi connectivity index (χ2n) is 4.42. The van der Waals surface area contributed by atoms with E-state index in [0.717, 1.165) is 32.1 Å². The Bertz CT molecular complexity index is 216. The lowest BCUT2D eigenvalue weighted by Gasteiger charge is -1.93. The van der Waals surface area contributed by atoms with Gasteiger partial charge in [0.1, 0.15) is 12.1 Å².